The predicted molar refractivity (Wildman–Crippen MR) is 176 cm³/mol. The van der Waals surface area contributed by atoms with Crippen molar-refractivity contribution in [1.82, 2.24) is 9.80 Å². The third-order valence-corrected chi connectivity index (χ3v) is 9.16. The SMILES string of the molecule is CC(=O)OCCOC(=O)N(Cc1cc(N(C)C)c2c(c1O)C(=O)C1=C(O)C3(O)C(=O)C(C(N)=O)=C(O)C(N(C)C)C3CC1C2)CC(C)(C)C. The highest BCUT2D eigenvalue weighted by atomic mass is 16.6. The summed E-state index contributed by atoms with van der Waals surface area (Å²) in [5, 5.41) is 46.2. The molecule has 4 rings (SSSR count). The summed E-state index contributed by atoms with van der Waals surface area (Å²) in [5.74, 6) is -7.93. The second-order valence-corrected chi connectivity index (χ2v) is 14.5. The molecule has 3 aliphatic rings. The van der Waals surface area contributed by atoms with Crippen LogP contribution in [0.4, 0.5) is 10.5 Å². The summed E-state index contributed by atoms with van der Waals surface area (Å²) in [6.45, 7) is 6.58. The molecule has 0 spiro atoms. The van der Waals surface area contributed by atoms with Gasteiger partial charge >= 0.3 is 12.1 Å². The zero-order valence-corrected chi connectivity index (χ0v) is 29.1. The summed E-state index contributed by atoms with van der Waals surface area (Å²) in [7, 11) is 6.62. The largest absolute Gasteiger partial charge is 0.510 e. The minimum absolute atomic E-state index is 0.0420. The maximum Gasteiger partial charge on any atom is 0.410 e. The van der Waals surface area contributed by atoms with E-state index in [1.165, 1.54) is 16.7 Å². The Labute approximate surface area is 284 Å². The number of carbonyl (C=O) groups is 5. The number of aromatic hydroxyl groups is 1. The number of benzene rings is 1. The van der Waals surface area contributed by atoms with E-state index in [0.717, 1.165) is 0 Å². The Hall–Kier alpha value is -4.63. The maximum absolute atomic E-state index is 14.4. The number of phenolic OH excluding ortho intramolecular Hbond substituents is 1. The van der Waals surface area contributed by atoms with Crippen LogP contribution in [0.2, 0.25) is 0 Å². The van der Waals surface area contributed by atoms with Crippen LogP contribution in [0.3, 0.4) is 0 Å². The molecule has 0 radical (unpaired) electrons. The van der Waals surface area contributed by atoms with E-state index in [1.807, 2.05) is 20.8 Å². The molecule has 4 atom stereocenters. The molecule has 268 valence electrons. The number of primary amides is 1. The van der Waals surface area contributed by atoms with Gasteiger partial charge in [-0.1, -0.05) is 20.8 Å². The van der Waals surface area contributed by atoms with E-state index in [0.29, 0.717) is 11.3 Å². The molecule has 0 aromatic heterocycles. The highest BCUT2D eigenvalue weighted by Gasteiger charge is 2.63. The molecule has 6 N–H and O–H groups in total. The van der Waals surface area contributed by atoms with Gasteiger partial charge in [-0.05, 0) is 49.9 Å². The number of esters is 1. The summed E-state index contributed by atoms with van der Waals surface area (Å²) >= 11 is 0. The average Bonchev–Trinajstić information content (AvgIpc) is 2.96. The van der Waals surface area contributed by atoms with Gasteiger partial charge < -0.3 is 45.4 Å². The molecule has 15 heteroatoms. The summed E-state index contributed by atoms with van der Waals surface area (Å²) in [5.41, 5.74) is 2.10. The van der Waals surface area contributed by atoms with Crippen LogP contribution >= 0.6 is 0 Å². The van der Waals surface area contributed by atoms with E-state index >= 15 is 0 Å². The van der Waals surface area contributed by atoms with Crippen molar-refractivity contribution in [2.45, 2.75) is 58.7 Å². The number of fused-ring (bicyclic) bond motifs is 3. The summed E-state index contributed by atoms with van der Waals surface area (Å²) in [6.07, 6.45) is -0.676. The number of anilines is 1. The monoisotopic (exact) mass is 686 g/mol. The third-order valence-electron chi connectivity index (χ3n) is 9.16. The van der Waals surface area contributed by atoms with Gasteiger partial charge in [-0.25, -0.2) is 4.79 Å². The third kappa shape index (κ3) is 6.69. The van der Waals surface area contributed by atoms with Crippen molar-refractivity contribution in [3.05, 3.63) is 45.4 Å². The van der Waals surface area contributed by atoms with Crippen molar-refractivity contribution >= 4 is 35.2 Å². The Balaban J connectivity index is 1.83. The van der Waals surface area contributed by atoms with Crippen LogP contribution < -0.4 is 10.6 Å². The first-order chi connectivity index (χ1) is 22.6. The Morgan fingerprint density at radius 1 is 1.04 bits per heavy atom. The van der Waals surface area contributed by atoms with Gasteiger partial charge in [0.2, 0.25) is 5.78 Å². The van der Waals surface area contributed by atoms with E-state index in [2.05, 4.69) is 0 Å². The zero-order valence-electron chi connectivity index (χ0n) is 29.1. The van der Waals surface area contributed by atoms with Crippen molar-refractivity contribution in [2.75, 3.05) is 52.8 Å². The molecule has 0 fully saturated rings. The second kappa shape index (κ2) is 13.3. The van der Waals surface area contributed by atoms with Crippen LogP contribution in [0.15, 0.2) is 28.7 Å². The standard InChI is InChI=1S/C34H46N4O11/c1-16(39)48-9-10-49-32(46)38(15-33(2,3)4)14-18-13-21(36(5)6)19-11-17-12-20-25(37(7)8)28(42)24(31(35)45)30(44)34(20,47)29(43)22(17)27(41)23(19)26(18)40/h13,17,20,25,40,42-43,47H,9-12,14-15H2,1-8H3,(H2,35,45). The molecule has 0 aliphatic heterocycles. The summed E-state index contributed by atoms with van der Waals surface area (Å²) < 4.78 is 10.2. The predicted octanol–water partition coefficient (Wildman–Crippen LogP) is 1.73. The number of allylic oxidation sites excluding steroid dienone is 1. The Morgan fingerprint density at radius 2 is 1.65 bits per heavy atom. The normalized spacial score (nSPS) is 23.5. The molecule has 0 saturated heterocycles. The van der Waals surface area contributed by atoms with Gasteiger partial charge in [-0.3, -0.25) is 24.1 Å². The van der Waals surface area contributed by atoms with E-state index < -0.39 is 81.3 Å². The topological polar surface area (TPSA) is 220 Å². The molecule has 1 aromatic rings. The molecule has 0 heterocycles. The molecule has 4 unspecified atom stereocenters. The van der Waals surface area contributed by atoms with Gasteiger partial charge in [0.05, 0.1) is 18.2 Å². The quantitative estimate of drug-likeness (QED) is 0.142. The maximum atomic E-state index is 14.4. The van der Waals surface area contributed by atoms with Gasteiger partial charge in [0.15, 0.2) is 11.4 Å². The van der Waals surface area contributed by atoms with E-state index in [4.69, 9.17) is 15.2 Å². The minimum atomic E-state index is -2.76. The molecule has 1 aromatic carbocycles. The van der Waals surface area contributed by atoms with Crippen LogP contribution in [-0.2, 0) is 36.8 Å². The fourth-order valence-electron chi connectivity index (χ4n) is 7.24. The number of likely N-dealkylation sites (N-methyl/N-ethyl adjacent to an activating group) is 1. The lowest BCUT2D eigenvalue weighted by molar-refractivity contribution is -0.148. The van der Waals surface area contributed by atoms with E-state index in [-0.39, 0.29) is 55.8 Å². The lowest BCUT2D eigenvalue weighted by Gasteiger charge is -2.50. The number of nitrogens with two attached hydrogens (primary N) is 1. The van der Waals surface area contributed by atoms with Crippen LogP contribution in [0.25, 0.3) is 0 Å². The van der Waals surface area contributed by atoms with Crippen molar-refractivity contribution < 1.29 is 53.9 Å². The molecule has 15 nitrogen and oxygen atoms in total. The molecule has 3 aliphatic carbocycles. The van der Waals surface area contributed by atoms with Crippen LogP contribution in [0.1, 0.15) is 55.6 Å². The number of Topliss-reactive ketones (excluding diaryl/α,β-unsaturated/α-hetero) is 2. The fourth-order valence-corrected chi connectivity index (χ4v) is 7.24. The lowest BCUT2D eigenvalue weighted by Crippen LogP contribution is -2.63. The Morgan fingerprint density at radius 3 is 2.18 bits per heavy atom. The number of aliphatic hydroxyl groups excluding tert-OH is 2. The molecule has 2 amide bonds. The molecule has 0 bridgehead atoms. The van der Waals surface area contributed by atoms with Crippen LogP contribution in [0.5, 0.6) is 5.75 Å². The summed E-state index contributed by atoms with van der Waals surface area (Å²) in [4.78, 5) is 69.2. The smallest absolute Gasteiger partial charge is 0.410 e. The molecule has 49 heavy (non-hydrogen) atoms. The highest BCUT2D eigenvalue weighted by molar-refractivity contribution is 6.25. The number of nitrogens with zero attached hydrogens (tertiary/aromatic N) is 3. The number of ether oxygens (including phenoxy) is 2. The first-order valence-electron chi connectivity index (χ1n) is 15.9. The molecular weight excluding hydrogens is 640 g/mol. The Kier molecular flexibility index (Phi) is 10.1. The molecule has 0 saturated carbocycles. The van der Waals surface area contributed by atoms with Gasteiger partial charge in [-0.15, -0.1) is 0 Å². The van der Waals surface area contributed by atoms with Crippen molar-refractivity contribution in [3.63, 3.8) is 0 Å². The minimum Gasteiger partial charge on any atom is -0.510 e. The summed E-state index contributed by atoms with van der Waals surface area (Å²) in [6, 6.07) is 0.564. The van der Waals surface area contributed by atoms with Gasteiger partial charge in [-0.2, -0.15) is 0 Å². The lowest BCUT2D eigenvalue weighted by atomic mass is 9.58. The van der Waals surface area contributed by atoms with Crippen molar-refractivity contribution in [2.24, 2.45) is 23.0 Å². The number of carbonyl (C=O) groups excluding carboxylic acids is 5. The number of amides is 2. The number of aliphatic hydroxyl groups is 3. The zero-order chi connectivity index (χ0) is 36.9. The van der Waals surface area contributed by atoms with Crippen LogP contribution in [0, 0.1) is 17.3 Å². The van der Waals surface area contributed by atoms with Crippen molar-refractivity contribution in [1.29, 1.82) is 0 Å². The number of rotatable bonds is 9. The van der Waals surface area contributed by atoms with E-state index in [1.54, 1.807) is 39.2 Å². The van der Waals surface area contributed by atoms with Gasteiger partial charge in [0.25, 0.3) is 5.91 Å². The second-order valence-electron chi connectivity index (χ2n) is 14.5. The first-order valence-corrected chi connectivity index (χ1v) is 15.9. The average molecular weight is 687 g/mol. The first kappa shape index (κ1) is 37.2. The molecular formula is C34H46N4O11. The van der Waals surface area contributed by atoms with E-state index in [9.17, 15) is 44.4 Å². The number of hydrogen-bond acceptors (Lipinski definition) is 13. The van der Waals surface area contributed by atoms with Crippen LogP contribution in [-0.4, -0.2) is 119 Å². The van der Waals surface area contributed by atoms with Gasteiger partial charge in [0.1, 0.15) is 36.1 Å². The highest BCUT2D eigenvalue weighted by Crippen LogP contribution is 2.53. The number of hydrogen-bond donors (Lipinski definition) is 5. The number of phenols is 1. The van der Waals surface area contributed by atoms with Gasteiger partial charge in [0, 0.05) is 50.3 Å². The van der Waals surface area contributed by atoms with Crippen molar-refractivity contribution in [3.8, 4) is 5.75 Å². The number of ketones is 2. The Bertz CT molecular complexity index is 1660. The fraction of sp³-hybridized carbons (Fsp3) is 0.559.